The second kappa shape index (κ2) is 12.8. The molecule has 7 nitrogen and oxygen atoms in total. The van der Waals surface area contributed by atoms with Crippen molar-refractivity contribution in [2.45, 2.75) is 25.0 Å². The quantitative estimate of drug-likeness (QED) is 0.448. The molecule has 3 aliphatic rings. The topological polar surface area (TPSA) is 74.2 Å². The molecule has 2 unspecified atom stereocenters. The Balaban J connectivity index is 1.33. The zero-order valence-corrected chi connectivity index (χ0v) is 23.6. The van der Waals surface area contributed by atoms with Crippen LogP contribution in [0.4, 0.5) is 14.5 Å². The van der Waals surface area contributed by atoms with Gasteiger partial charge in [0.15, 0.2) is 0 Å². The molecule has 2 aliphatic heterocycles. The highest BCUT2D eigenvalue weighted by Gasteiger charge is 2.36. The highest BCUT2D eigenvalue weighted by atomic mass is 19.1. The van der Waals surface area contributed by atoms with E-state index < -0.39 is 12.1 Å². The van der Waals surface area contributed by atoms with Crippen molar-refractivity contribution in [2.75, 3.05) is 37.7 Å². The number of aliphatic imine (C=N–C) groups is 1. The number of hydrogen-bond donors (Lipinski definition) is 1. The van der Waals surface area contributed by atoms with E-state index in [1.807, 2.05) is 30.3 Å². The first-order valence-electron chi connectivity index (χ1n) is 14.4. The van der Waals surface area contributed by atoms with Crippen LogP contribution in [0.3, 0.4) is 0 Å². The predicted molar refractivity (Wildman–Crippen MR) is 161 cm³/mol. The molecule has 3 aromatic rings. The van der Waals surface area contributed by atoms with Gasteiger partial charge in [-0.05, 0) is 54.1 Å². The average molecular weight is 583 g/mol. The third-order valence-electron chi connectivity index (χ3n) is 7.93. The van der Waals surface area contributed by atoms with E-state index in [9.17, 15) is 18.4 Å². The molecule has 220 valence electrons. The zero-order chi connectivity index (χ0) is 29.8. The largest absolute Gasteiger partial charge is 0.379 e. The molecular weight excluding hydrogens is 550 g/mol. The number of anilines is 1. The molecule has 0 radical (unpaired) electrons. The minimum absolute atomic E-state index is 0.0493. The molecule has 9 heteroatoms. The number of carbonyl (C=O) groups is 2. The Labute approximate surface area is 249 Å². The van der Waals surface area contributed by atoms with Gasteiger partial charge in [0.05, 0.1) is 36.7 Å². The smallest absolute Gasteiger partial charge is 0.251 e. The minimum atomic E-state index is -0.573. The Bertz CT molecular complexity index is 1580. The van der Waals surface area contributed by atoms with Crippen molar-refractivity contribution in [3.63, 3.8) is 0 Å². The molecule has 2 heterocycles. The molecule has 0 bridgehead atoms. The first-order chi connectivity index (χ1) is 21.0. The number of nitrogens with zero attached hydrogens (tertiary/aromatic N) is 3. The SMILES string of the molecule is O=C(NCc1ccc(F)cc1)C1=CC2N=C(c3ccc(F)cc3)c3ccccc3N(C(=O)CCN3CCOCC3)C2C=C1. The van der Waals surface area contributed by atoms with Crippen LogP contribution in [0.25, 0.3) is 0 Å². The van der Waals surface area contributed by atoms with Crippen molar-refractivity contribution in [3.8, 4) is 0 Å². The number of halogens is 2. The summed E-state index contributed by atoms with van der Waals surface area (Å²) in [4.78, 5) is 36.3. The van der Waals surface area contributed by atoms with E-state index in [1.54, 1.807) is 41.3 Å². The average Bonchev–Trinajstić information content (AvgIpc) is 3.18. The number of carbonyl (C=O) groups excluding carboxylic acids is 2. The molecule has 1 saturated heterocycles. The van der Waals surface area contributed by atoms with Gasteiger partial charge in [-0.3, -0.25) is 19.5 Å². The molecule has 0 saturated carbocycles. The van der Waals surface area contributed by atoms with Crippen molar-refractivity contribution in [1.29, 1.82) is 0 Å². The predicted octanol–water partition coefficient (Wildman–Crippen LogP) is 4.42. The first-order valence-corrected chi connectivity index (χ1v) is 14.4. The molecular formula is C34H32F2N4O3. The van der Waals surface area contributed by atoms with Gasteiger partial charge in [-0.2, -0.15) is 0 Å². The van der Waals surface area contributed by atoms with Gasteiger partial charge in [-0.15, -0.1) is 0 Å². The number of nitrogens with one attached hydrogen (secondary N) is 1. The highest BCUT2D eigenvalue weighted by molar-refractivity contribution is 6.18. The Morgan fingerprint density at radius 3 is 2.37 bits per heavy atom. The van der Waals surface area contributed by atoms with Gasteiger partial charge in [-0.25, -0.2) is 8.78 Å². The normalized spacial score (nSPS) is 19.9. The minimum Gasteiger partial charge on any atom is -0.379 e. The fourth-order valence-electron chi connectivity index (χ4n) is 5.65. The summed E-state index contributed by atoms with van der Waals surface area (Å²) in [6, 6.07) is 18.6. The molecule has 2 atom stereocenters. The van der Waals surface area contributed by atoms with Gasteiger partial charge in [0.1, 0.15) is 11.6 Å². The summed E-state index contributed by atoms with van der Waals surface area (Å²) in [7, 11) is 0. The molecule has 0 spiro atoms. The summed E-state index contributed by atoms with van der Waals surface area (Å²) in [5.41, 5.74) is 3.98. The maximum atomic E-state index is 14.0. The third kappa shape index (κ3) is 6.48. The molecule has 0 aromatic heterocycles. The fraction of sp³-hybridized carbons (Fsp3) is 0.265. The van der Waals surface area contributed by atoms with Crippen LogP contribution < -0.4 is 10.2 Å². The van der Waals surface area contributed by atoms with E-state index in [-0.39, 0.29) is 30.0 Å². The molecule has 6 rings (SSSR count). The van der Waals surface area contributed by atoms with Gasteiger partial charge in [0.2, 0.25) is 5.91 Å². The molecule has 1 N–H and O–H groups in total. The standard InChI is InChI=1S/C34H32F2N4O3/c35-26-10-5-23(6-11-26)22-37-34(42)25-9-14-31-29(21-25)38-33(24-7-12-27(36)13-8-24)28-3-1-2-4-30(28)40(31)32(41)15-16-39-17-19-43-20-18-39/h1-14,21,29,31H,15-20,22H2,(H,37,42). The lowest BCUT2D eigenvalue weighted by Crippen LogP contribution is -2.47. The maximum Gasteiger partial charge on any atom is 0.251 e. The number of benzene rings is 3. The summed E-state index contributed by atoms with van der Waals surface area (Å²) in [5, 5.41) is 2.89. The summed E-state index contributed by atoms with van der Waals surface area (Å²) in [6.07, 6.45) is 5.68. The van der Waals surface area contributed by atoms with Gasteiger partial charge in [0, 0.05) is 49.3 Å². The van der Waals surface area contributed by atoms with Crippen LogP contribution in [-0.2, 0) is 20.9 Å². The Hall–Kier alpha value is -4.47. The number of amides is 2. The monoisotopic (exact) mass is 582 g/mol. The van der Waals surface area contributed by atoms with Crippen LogP contribution in [0.5, 0.6) is 0 Å². The summed E-state index contributed by atoms with van der Waals surface area (Å²) < 4.78 is 32.6. The van der Waals surface area contributed by atoms with E-state index in [0.717, 1.165) is 24.2 Å². The zero-order valence-electron chi connectivity index (χ0n) is 23.6. The van der Waals surface area contributed by atoms with Crippen LogP contribution in [0.2, 0.25) is 0 Å². The van der Waals surface area contributed by atoms with E-state index in [2.05, 4.69) is 10.2 Å². The number of ether oxygens (including phenoxy) is 1. The van der Waals surface area contributed by atoms with Crippen LogP contribution in [0, 0.1) is 11.6 Å². The Morgan fingerprint density at radius 1 is 0.930 bits per heavy atom. The van der Waals surface area contributed by atoms with Crippen LogP contribution >= 0.6 is 0 Å². The Morgan fingerprint density at radius 2 is 1.63 bits per heavy atom. The van der Waals surface area contributed by atoms with Gasteiger partial charge in [0.25, 0.3) is 5.91 Å². The van der Waals surface area contributed by atoms with Crippen molar-refractivity contribution >= 4 is 23.2 Å². The number of fused-ring (bicyclic) bond motifs is 2. The lowest BCUT2D eigenvalue weighted by Gasteiger charge is -2.34. The van der Waals surface area contributed by atoms with Crippen molar-refractivity contribution in [2.24, 2.45) is 4.99 Å². The van der Waals surface area contributed by atoms with E-state index in [1.165, 1.54) is 24.3 Å². The third-order valence-corrected chi connectivity index (χ3v) is 7.93. The van der Waals surface area contributed by atoms with Gasteiger partial charge >= 0.3 is 0 Å². The molecule has 3 aromatic carbocycles. The lowest BCUT2D eigenvalue weighted by atomic mass is 9.95. The number of hydrogen-bond acceptors (Lipinski definition) is 5. The van der Waals surface area contributed by atoms with Crippen molar-refractivity contribution in [3.05, 3.63) is 125 Å². The Kier molecular flexibility index (Phi) is 8.53. The maximum absolute atomic E-state index is 14.0. The number of morpholine rings is 1. The summed E-state index contributed by atoms with van der Waals surface area (Å²) in [5.74, 6) is -1.05. The summed E-state index contributed by atoms with van der Waals surface area (Å²) >= 11 is 0. The number of rotatable bonds is 7. The van der Waals surface area contributed by atoms with E-state index in [0.29, 0.717) is 48.7 Å². The van der Waals surface area contributed by atoms with Crippen molar-refractivity contribution < 1.29 is 23.1 Å². The second-order valence-corrected chi connectivity index (χ2v) is 10.7. The lowest BCUT2D eigenvalue weighted by molar-refractivity contribution is -0.119. The van der Waals surface area contributed by atoms with Crippen LogP contribution in [0.15, 0.2) is 102 Å². The molecule has 2 amide bonds. The van der Waals surface area contributed by atoms with E-state index in [4.69, 9.17) is 9.73 Å². The summed E-state index contributed by atoms with van der Waals surface area (Å²) in [6.45, 7) is 3.72. The van der Waals surface area contributed by atoms with Crippen molar-refractivity contribution in [1.82, 2.24) is 10.2 Å². The van der Waals surface area contributed by atoms with Gasteiger partial charge < -0.3 is 15.0 Å². The molecule has 1 aliphatic carbocycles. The molecule has 43 heavy (non-hydrogen) atoms. The number of para-hydroxylation sites is 1. The molecule has 1 fully saturated rings. The fourth-order valence-corrected chi connectivity index (χ4v) is 5.65. The van der Waals surface area contributed by atoms with Crippen LogP contribution in [-0.4, -0.2) is 67.4 Å². The first kappa shape index (κ1) is 28.6. The van der Waals surface area contributed by atoms with Crippen LogP contribution in [0.1, 0.15) is 23.1 Å². The van der Waals surface area contributed by atoms with Gasteiger partial charge in [-0.1, -0.05) is 42.5 Å². The van der Waals surface area contributed by atoms with E-state index >= 15 is 0 Å². The highest BCUT2D eigenvalue weighted by Crippen LogP contribution is 2.34. The second-order valence-electron chi connectivity index (χ2n) is 10.7.